The Morgan fingerprint density at radius 3 is 2.95 bits per heavy atom. The molecule has 1 aromatic carbocycles. The van der Waals surface area contributed by atoms with Crippen molar-refractivity contribution in [3.8, 4) is 5.69 Å². The number of ether oxygens (including phenoxy) is 1. The summed E-state index contributed by atoms with van der Waals surface area (Å²) in [4.78, 5) is 0. The Labute approximate surface area is 112 Å². The fourth-order valence-electron chi connectivity index (χ4n) is 1.89. The molecule has 0 saturated heterocycles. The van der Waals surface area contributed by atoms with Crippen LogP contribution in [0.15, 0.2) is 24.3 Å². The molecule has 0 atom stereocenters. The van der Waals surface area contributed by atoms with Crippen LogP contribution in [0.3, 0.4) is 0 Å². The third-order valence-corrected chi connectivity index (χ3v) is 2.90. The van der Waals surface area contributed by atoms with Crippen LogP contribution < -0.4 is 5.32 Å². The zero-order chi connectivity index (χ0) is 13.5. The van der Waals surface area contributed by atoms with E-state index in [0.29, 0.717) is 13.2 Å². The summed E-state index contributed by atoms with van der Waals surface area (Å²) in [6, 6.07) is 8.16. The smallest absolute Gasteiger partial charge is 0.170 e. The molecular weight excluding hydrogens is 242 g/mol. The van der Waals surface area contributed by atoms with Crippen LogP contribution in [0.2, 0.25) is 0 Å². The lowest BCUT2D eigenvalue weighted by atomic mass is 10.1. The second-order valence-electron chi connectivity index (χ2n) is 4.16. The van der Waals surface area contributed by atoms with Crippen molar-refractivity contribution in [2.75, 3.05) is 20.3 Å². The molecule has 0 aliphatic rings. The number of nitrogens with one attached hydrogen (secondary N) is 1. The summed E-state index contributed by atoms with van der Waals surface area (Å²) >= 11 is 0. The first-order chi connectivity index (χ1) is 9.36. The van der Waals surface area contributed by atoms with Crippen molar-refractivity contribution in [1.82, 2.24) is 25.5 Å². The van der Waals surface area contributed by atoms with E-state index < -0.39 is 0 Å². The van der Waals surface area contributed by atoms with Crippen molar-refractivity contribution >= 4 is 0 Å². The second kappa shape index (κ2) is 6.96. The van der Waals surface area contributed by atoms with E-state index in [1.165, 1.54) is 5.56 Å². The van der Waals surface area contributed by atoms with Crippen LogP contribution in [0.25, 0.3) is 5.69 Å². The molecule has 1 heterocycles. The van der Waals surface area contributed by atoms with Gasteiger partial charge in [-0.15, -0.1) is 5.10 Å². The van der Waals surface area contributed by atoms with E-state index >= 15 is 0 Å². The van der Waals surface area contributed by atoms with Gasteiger partial charge in [0.15, 0.2) is 5.82 Å². The van der Waals surface area contributed by atoms with Gasteiger partial charge in [-0.2, -0.15) is 4.68 Å². The van der Waals surface area contributed by atoms with Gasteiger partial charge in [-0.25, -0.2) is 0 Å². The van der Waals surface area contributed by atoms with Crippen molar-refractivity contribution in [3.63, 3.8) is 0 Å². The number of tetrazole rings is 1. The summed E-state index contributed by atoms with van der Waals surface area (Å²) in [5.74, 6) is 0.803. The minimum atomic E-state index is 0.619. The summed E-state index contributed by atoms with van der Waals surface area (Å²) in [6.45, 7) is 4.19. The average Bonchev–Trinajstić information content (AvgIpc) is 2.92. The van der Waals surface area contributed by atoms with Crippen molar-refractivity contribution in [2.24, 2.45) is 0 Å². The van der Waals surface area contributed by atoms with Crippen LogP contribution in [0, 0.1) is 0 Å². The number of aryl methyl sites for hydroxylation is 1. The molecule has 102 valence electrons. The molecule has 0 aliphatic heterocycles. The van der Waals surface area contributed by atoms with Gasteiger partial charge in [0, 0.05) is 13.7 Å². The highest BCUT2D eigenvalue weighted by molar-refractivity contribution is 5.40. The number of para-hydroxylation sites is 1. The van der Waals surface area contributed by atoms with E-state index in [1.54, 1.807) is 11.8 Å². The van der Waals surface area contributed by atoms with Crippen LogP contribution in [0.5, 0.6) is 0 Å². The molecule has 0 fully saturated rings. The molecule has 0 amide bonds. The maximum Gasteiger partial charge on any atom is 0.170 e. The molecule has 0 bridgehead atoms. The zero-order valence-electron chi connectivity index (χ0n) is 11.3. The third kappa shape index (κ3) is 3.36. The second-order valence-corrected chi connectivity index (χ2v) is 4.16. The van der Waals surface area contributed by atoms with E-state index in [9.17, 15) is 0 Å². The lowest BCUT2D eigenvalue weighted by molar-refractivity contribution is 0.199. The van der Waals surface area contributed by atoms with Crippen molar-refractivity contribution < 1.29 is 4.74 Å². The summed E-state index contributed by atoms with van der Waals surface area (Å²) in [6.07, 6.45) is 0.951. The van der Waals surface area contributed by atoms with Crippen LogP contribution >= 0.6 is 0 Å². The monoisotopic (exact) mass is 261 g/mol. The molecule has 0 aliphatic carbocycles. The number of hydrogen-bond acceptors (Lipinski definition) is 5. The number of aromatic nitrogens is 4. The number of nitrogens with zero attached hydrogens (tertiary/aromatic N) is 4. The van der Waals surface area contributed by atoms with Gasteiger partial charge in [-0.3, -0.25) is 0 Å². The molecule has 1 aromatic heterocycles. The maximum absolute atomic E-state index is 4.99. The average molecular weight is 261 g/mol. The zero-order valence-corrected chi connectivity index (χ0v) is 11.3. The van der Waals surface area contributed by atoms with E-state index in [0.717, 1.165) is 24.5 Å². The topological polar surface area (TPSA) is 64.9 Å². The molecular formula is C13H19N5O. The highest BCUT2D eigenvalue weighted by Crippen LogP contribution is 2.14. The standard InChI is InChI=1S/C13H19N5O/c1-3-11-6-4-5-7-12(11)18-13(15-16-17-18)10-14-8-9-19-2/h4-7,14H,3,8-10H2,1-2H3. The molecule has 1 N–H and O–H groups in total. The Balaban J connectivity index is 2.14. The SMILES string of the molecule is CCc1ccccc1-n1nnnc1CNCCOC. The van der Waals surface area contributed by atoms with Crippen LogP contribution in [0.4, 0.5) is 0 Å². The molecule has 0 spiro atoms. The molecule has 2 rings (SSSR count). The van der Waals surface area contributed by atoms with Crippen LogP contribution in [-0.4, -0.2) is 40.5 Å². The quantitative estimate of drug-likeness (QED) is 0.752. The lowest BCUT2D eigenvalue weighted by Crippen LogP contribution is -2.21. The number of methoxy groups -OCH3 is 1. The molecule has 0 radical (unpaired) electrons. The summed E-state index contributed by atoms with van der Waals surface area (Å²) in [5, 5.41) is 15.2. The highest BCUT2D eigenvalue weighted by atomic mass is 16.5. The lowest BCUT2D eigenvalue weighted by Gasteiger charge is -2.09. The van der Waals surface area contributed by atoms with Crippen LogP contribution in [0.1, 0.15) is 18.3 Å². The van der Waals surface area contributed by atoms with Gasteiger partial charge in [0.25, 0.3) is 0 Å². The van der Waals surface area contributed by atoms with E-state index in [4.69, 9.17) is 4.74 Å². The largest absolute Gasteiger partial charge is 0.383 e. The van der Waals surface area contributed by atoms with Gasteiger partial charge in [-0.1, -0.05) is 25.1 Å². The van der Waals surface area contributed by atoms with Crippen LogP contribution in [-0.2, 0) is 17.7 Å². The number of hydrogen-bond donors (Lipinski definition) is 1. The molecule has 0 unspecified atom stereocenters. The normalized spacial score (nSPS) is 10.8. The first-order valence-corrected chi connectivity index (χ1v) is 6.42. The molecule has 19 heavy (non-hydrogen) atoms. The highest BCUT2D eigenvalue weighted by Gasteiger charge is 2.10. The Hall–Kier alpha value is -1.79. The van der Waals surface area contributed by atoms with E-state index in [2.05, 4.69) is 33.8 Å². The molecule has 0 saturated carbocycles. The minimum Gasteiger partial charge on any atom is -0.383 e. The van der Waals surface area contributed by atoms with E-state index in [1.807, 2.05) is 18.2 Å². The van der Waals surface area contributed by atoms with E-state index in [-0.39, 0.29) is 0 Å². The van der Waals surface area contributed by atoms with Crippen molar-refractivity contribution in [1.29, 1.82) is 0 Å². The third-order valence-electron chi connectivity index (χ3n) is 2.90. The number of benzene rings is 1. The molecule has 2 aromatic rings. The van der Waals surface area contributed by atoms with Gasteiger partial charge in [0.05, 0.1) is 18.8 Å². The van der Waals surface area contributed by atoms with Gasteiger partial charge < -0.3 is 10.1 Å². The van der Waals surface area contributed by atoms with Gasteiger partial charge in [0.2, 0.25) is 0 Å². The first-order valence-electron chi connectivity index (χ1n) is 6.42. The minimum absolute atomic E-state index is 0.619. The predicted molar refractivity (Wildman–Crippen MR) is 72.1 cm³/mol. The Kier molecular flexibility index (Phi) is 5.00. The van der Waals surface area contributed by atoms with Crippen molar-refractivity contribution in [2.45, 2.75) is 19.9 Å². The maximum atomic E-state index is 4.99. The predicted octanol–water partition coefficient (Wildman–Crippen LogP) is 0.961. The molecule has 6 heteroatoms. The van der Waals surface area contributed by atoms with Crippen molar-refractivity contribution in [3.05, 3.63) is 35.7 Å². The first kappa shape index (κ1) is 13.6. The Morgan fingerprint density at radius 2 is 2.16 bits per heavy atom. The van der Waals surface area contributed by atoms with Gasteiger partial charge in [0.1, 0.15) is 0 Å². The fraction of sp³-hybridized carbons (Fsp3) is 0.462. The summed E-state index contributed by atoms with van der Waals surface area (Å²) in [7, 11) is 1.68. The summed E-state index contributed by atoms with van der Waals surface area (Å²) < 4.78 is 6.78. The van der Waals surface area contributed by atoms with Gasteiger partial charge >= 0.3 is 0 Å². The number of rotatable bonds is 7. The van der Waals surface area contributed by atoms with Gasteiger partial charge in [-0.05, 0) is 28.5 Å². The summed E-state index contributed by atoms with van der Waals surface area (Å²) in [5.41, 5.74) is 2.27. The molecule has 6 nitrogen and oxygen atoms in total. The Morgan fingerprint density at radius 1 is 1.32 bits per heavy atom. The fourth-order valence-corrected chi connectivity index (χ4v) is 1.89. The Bertz CT molecular complexity index is 511.